The maximum atomic E-state index is 14.3. The molecule has 4 aromatic rings. The van der Waals surface area contributed by atoms with E-state index < -0.39 is 0 Å². The second kappa shape index (κ2) is 19.8. The SMILES string of the molecule is CCCCCCCCN1C(=O)c2c(-c3cc4c(OCC(CC)CCCC)c5sc(C(C)(C)C)cc5c(OCC(CC)CCCC)c4s3)sc(C(C)C)c2C1=O. The van der Waals surface area contributed by atoms with E-state index in [2.05, 4.69) is 81.4 Å². The van der Waals surface area contributed by atoms with Crippen molar-refractivity contribution in [2.24, 2.45) is 11.8 Å². The minimum absolute atomic E-state index is 0.0178. The molecule has 1 aliphatic rings. The molecule has 0 fully saturated rings. The van der Waals surface area contributed by atoms with Gasteiger partial charge in [-0.1, -0.05) is 140 Å². The van der Waals surface area contributed by atoms with Gasteiger partial charge in [0, 0.05) is 31.9 Å². The molecule has 0 saturated heterocycles. The number of rotatable bonds is 23. The Morgan fingerprint density at radius 3 is 1.73 bits per heavy atom. The van der Waals surface area contributed by atoms with Gasteiger partial charge >= 0.3 is 0 Å². The van der Waals surface area contributed by atoms with Gasteiger partial charge in [-0.25, -0.2) is 0 Å². The lowest BCUT2D eigenvalue weighted by Crippen LogP contribution is -2.31. The van der Waals surface area contributed by atoms with Crippen LogP contribution in [-0.4, -0.2) is 36.5 Å². The monoisotopic (exact) mass is 807 g/mol. The molecule has 0 aliphatic carbocycles. The molecule has 2 unspecified atom stereocenters. The highest BCUT2D eigenvalue weighted by atomic mass is 32.1. The van der Waals surface area contributed by atoms with Crippen molar-refractivity contribution in [1.82, 2.24) is 4.90 Å². The van der Waals surface area contributed by atoms with E-state index in [1.54, 1.807) is 22.7 Å². The standard InChI is InChI=1S/C47H69NO4S3/c1-11-16-19-20-21-22-25-48-45(49)37-38(46(48)50)44(55-41(37)30(6)7)35-26-33-39(51-28-31(14-4)23-17-12-2)43-34(27-36(54-43)47(8,9)10)40(42(33)53-35)52-29-32(15-5)24-18-13-3/h26-27,30-32H,11-25,28-29H2,1-10H3. The maximum Gasteiger partial charge on any atom is 0.263 e. The summed E-state index contributed by atoms with van der Waals surface area (Å²) in [6.45, 7) is 24.3. The van der Waals surface area contributed by atoms with E-state index in [4.69, 9.17) is 9.47 Å². The molecule has 0 N–H and O–H groups in total. The minimum Gasteiger partial charge on any atom is -0.491 e. The number of nitrogens with zero attached hydrogens (tertiary/aromatic N) is 1. The van der Waals surface area contributed by atoms with Crippen LogP contribution in [0.4, 0.5) is 0 Å². The molecule has 8 heteroatoms. The van der Waals surface area contributed by atoms with Crippen LogP contribution in [0.3, 0.4) is 0 Å². The number of hydrogen-bond donors (Lipinski definition) is 0. The van der Waals surface area contributed by atoms with Gasteiger partial charge in [0.25, 0.3) is 11.8 Å². The Balaban J connectivity index is 1.66. The van der Waals surface area contributed by atoms with E-state index >= 15 is 0 Å². The Labute approximate surface area is 344 Å². The van der Waals surface area contributed by atoms with Crippen molar-refractivity contribution in [2.75, 3.05) is 19.8 Å². The maximum absolute atomic E-state index is 14.3. The van der Waals surface area contributed by atoms with Crippen molar-refractivity contribution >= 4 is 66.0 Å². The topological polar surface area (TPSA) is 55.8 Å². The molecule has 3 aromatic heterocycles. The van der Waals surface area contributed by atoms with Crippen LogP contribution in [0.1, 0.15) is 196 Å². The van der Waals surface area contributed by atoms with Gasteiger partial charge in [0.1, 0.15) is 11.5 Å². The van der Waals surface area contributed by atoms with Crippen LogP contribution in [0.2, 0.25) is 0 Å². The Kier molecular flexibility index (Phi) is 15.8. The first-order chi connectivity index (χ1) is 26.4. The van der Waals surface area contributed by atoms with E-state index in [0.717, 1.165) is 91.2 Å². The van der Waals surface area contributed by atoms with E-state index in [9.17, 15) is 9.59 Å². The van der Waals surface area contributed by atoms with Gasteiger partial charge in [-0.05, 0) is 54.6 Å². The predicted octanol–water partition coefficient (Wildman–Crippen LogP) is 15.4. The third kappa shape index (κ3) is 9.83. The van der Waals surface area contributed by atoms with Gasteiger partial charge < -0.3 is 9.47 Å². The van der Waals surface area contributed by atoms with Gasteiger partial charge in [-0.2, -0.15) is 0 Å². The van der Waals surface area contributed by atoms with Crippen LogP contribution in [0.25, 0.3) is 29.9 Å². The fourth-order valence-corrected chi connectivity index (χ4v) is 11.5. The number of benzene rings is 1. The van der Waals surface area contributed by atoms with Crippen molar-refractivity contribution in [3.8, 4) is 21.3 Å². The molecule has 2 atom stereocenters. The number of ether oxygens (including phenoxy) is 2. The Hall–Kier alpha value is -2.42. The highest BCUT2D eigenvalue weighted by Crippen LogP contribution is 2.55. The van der Waals surface area contributed by atoms with Crippen molar-refractivity contribution in [2.45, 2.75) is 170 Å². The molecular weight excluding hydrogens is 739 g/mol. The second-order valence-electron chi connectivity index (χ2n) is 17.3. The molecule has 5 rings (SSSR count). The molecule has 0 saturated carbocycles. The summed E-state index contributed by atoms with van der Waals surface area (Å²) in [5, 5.41) is 2.19. The molecule has 0 radical (unpaired) electrons. The molecular formula is C47H69NO4S3. The average molecular weight is 808 g/mol. The zero-order valence-corrected chi connectivity index (χ0v) is 38.2. The molecule has 0 spiro atoms. The van der Waals surface area contributed by atoms with Crippen LogP contribution in [0.5, 0.6) is 11.5 Å². The first-order valence-corrected chi connectivity index (χ1v) is 24.2. The number of thiophene rings is 3. The molecule has 1 aromatic carbocycles. The third-order valence-electron chi connectivity index (χ3n) is 11.5. The highest BCUT2D eigenvalue weighted by molar-refractivity contribution is 7.27. The number of fused-ring (bicyclic) bond motifs is 3. The quantitative estimate of drug-likeness (QED) is 0.0553. The van der Waals surface area contributed by atoms with Crippen LogP contribution < -0.4 is 9.47 Å². The number of carbonyl (C=O) groups excluding carboxylic acids is 2. The molecule has 2 amide bonds. The minimum atomic E-state index is -0.128. The van der Waals surface area contributed by atoms with Crippen LogP contribution >= 0.6 is 34.0 Å². The van der Waals surface area contributed by atoms with Crippen LogP contribution in [0, 0.1) is 11.8 Å². The highest BCUT2D eigenvalue weighted by Gasteiger charge is 2.42. The van der Waals surface area contributed by atoms with Crippen molar-refractivity contribution in [3.63, 3.8) is 0 Å². The first kappa shape index (κ1) is 43.7. The smallest absolute Gasteiger partial charge is 0.263 e. The molecule has 55 heavy (non-hydrogen) atoms. The number of unbranched alkanes of at least 4 members (excludes halogenated alkanes) is 7. The number of imide groups is 1. The summed E-state index contributed by atoms with van der Waals surface area (Å²) in [5.74, 6) is 2.75. The summed E-state index contributed by atoms with van der Waals surface area (Å²) in [6, 6.07) is 4.61. The average Bonchev–Trinajstić information content (AvgIpc) is 3.94. The van der Waals surface area contributed by atoms with Crippen LogP contribution in [0.15, 0.2) is 12.1 Å². The summed E-state index contributed by atoms with van der Waals surface area (Å²) in [7, 11) is 0. The number of hydrogen-bond acceptors (Lipinski definition) is 7. The normalized spacial score (nSPS) is 14.6. The molecule has 0 bridgehead atoms. The van der Waals surface area contributed by atoms with Gasteiger partial charge in [-0.15, -0.1) is 34.0 Å². The lowest BCUT2D eigenvalue weighted by molar-refractivity contribution is 0.0651. The van der Waals surface area contributed by atoms with E-state index in [1.165, 1.54) is 54.7 Å². The summed E-state index contributed by atoms with van der Waals surface area (Å²) in [6.07, 6.45) is 16.0. The second-order valence-corrected chi connectivity index (χ2v) is 20.5. The molecule has 1 aliphatic heterocycles. The molecule has 304 valence electrons. The number of amides is 2. The van der Waals surface area contributed by atoms with Crippen molar-refractivity contribution in [3.05, 3.63) is 33.0 Å². The van der Waals surface area contributed by atoms with Crippen LogP contribution in [-0.2, 0) is 5.41 Å². The lowest BCUT2D eigenvalue weighted by atomic mass is 9.94. The van der Waals surface area contributed by atoms with E-state index in [0.29, 0.717) is 42.7 Å². The fraction of sp³-hybridized carbons (Fsp3) is 0.660. The lowest BCUT2D eigenvalue weighted by Gasteiger charge is -2.19. The van der Waals surface area contributed by atoms with E-state index in [-0.39, 0.29) is 23.1 Å². The summed E-state index contributed by atoms with van der Waals surface area (Å²) >= 11 is 5.18. The van der Waals surface area contributed by atoms with Crippen molar-refractivity contribution < 1.29 is 19.1 Å². The summed E-state index contributed by atoms with van der Waals surface area (Å²) in [4.78, 5) is 34.1. The summed E-state index contributed by atoms with van der Waals surface area (Å²) < 4.78 is 16.3. The van der Waals surface area contributed by atoms with Gasteiger partial charge in [0.05, 0.1) is 38.6 Å². The third-order valence-corrected chi connectivity index (χ3v) is 15.8. The van der Waals surface area contributed by atoms with Crippen molar-refractivity contribution in [1.29, 1.82) is 0 Å². The fourth-order valence-electron chi connectivity index (χ4n) is 7.73. The largest absolute Gasteiger partial charge is 0.491 e. The Morgan fingerprint density at radius 1 is 0.655 bits per heavy atom. The molecule has 5 nitrogen and oxygen atoms in total. The Morgan fingerprint density at radius 2 is 1.18 bits per heavy atom. The Bertz CT molecular complexity index is 1810. The first-order valence-electron chi connectivity index (χ1n) is 21.7. The number of carbonyl (C=O) groups is 2. The predicted molar refractivity (Wildman–Crippen MR) is 240 cm³/mol. The van der Waals surface area contributed by atoms with Gasteiger partial charge in [0.2, 0.25) is 0 Å². The zero-order valence-electron chi connectivity index (χ0n) is 35.7. The molecule has 4 heterocycles. The van der Waals surface area contributed by atoms with E-state index in [1.807, 2.05) is 11.3 Å². The zero-order chi connectivity index (χ0) is 39.9. The van der Waals surface area contributed by atoms with Gasteiger partial charge in [0.15, 0.2) is 0 Å². The summed E-state index contributed by atoms with van der Waals surface area (Å²) in [5.41, 5.74) is 1.22. The van der Waals surface area contributed by atoms with Gasteiger partial charge in [-0.3, -0.25) is 14.5 Å².